The third-order valence-corrected chi connectivity index (χ3v) is 4.88. The average molecular weight is 281 g/mol. The van der Waals surface area contributed by atoms with Crippen LogP contribution in [-0.2, 0) is 10.0 Å². The highest BCUT2D eigenvalue weighted by molar-refractivity contribution is 7.89. The Morgan fingerprint density at radius 2 is 2.26 bits per heavy atom. The van der Waals surface area contributed by atoms with E-state index < -0.39 is 10.0 Å². The summed E-state index contributed by atoms with van der Waals surface area (Å²) in [5, 5.41) is 6.25. The molecule has 2 atom stereocenters. The van der Waals surface area contributed by atoms with E-state index in [0.717, 1.165) is 19.3 Å². The van der Waals surface area contributed by atoms with Crippen LogP contribution in [-0.4, -0.2) is 34.2 Å². The Kier molecular flexibility index (Phi) is 3.11. The van der Waals surface area contributed by atoms with E-state index in [-0.39, 0.29) is 17.1 Å². The third-order valence-electron chi connectivity index (χ3n) is 3.46. The van der Waals surface area contributed by atoms with Crippen molar-refractivity contribution in [3.63, 3.8) is 0 Å². The maximum absolute atomic E-state index is 12.2. The van der Waals surface area contributed by atoms with Crippen LogP contribution >= 0.6 is 0 Å². The van der Waals surface area contributed by atoms with Crippen LogP contribution in [0.3, 0.4) is 0 Å². The molecule has 2 heterocycles. The number of rotatable bonds is 4. The van der Waals surface area contributed by atoms with Crippen LogP contribution in [0.25, 0.3) is 0 Å². The van der Waals surface area contributed by atoms with Crippen LogP contribution in [0.1, 0.15) is 25.3 Å². The molecule has 0 aliphatic heterocycles. The molecule has 2 aromatic rings. The lowest BCUT2D eigenvalue weighted by Gasteiger charge is -2.21. The molecule has 1 saturated carbocycles. The lowest BCUT2D eigenvalue weighted by Crippen LogP contribution is -2.38. The maximum Gasteiger partial charge on any atom is 0.257 e. The number of aromatic nitrogens is 4. The predicted octanol–water partition coefficient (Wildman–Crippen LogP) is 0.678. The molecular formula is C11H15N5O2S. The van der Waals surface area contributed by atoms with E-state index >= 15 is 0 Å². The Hall–Kier alpha value is -1.67. The number of sulfonamides is 1. The Morgan fingerprint density at radius 1 is 1.37 bits per heavy atom. The molecule has 0 amide bonds. The molecule has 19 heavy (non-hydrogen) atoms. The van der Waals surface area contributed by atoms with Gasteiger partial charge in [0, 0.05) is 18.4 Å². The molecule has 1 fully saturated rings. The second-order valence-electron chi connectivity index (χ2n) is 4.66. The van der Waals surface area contributed by atoms with Crippen LogP contribution in [0, 0.1) is 0 Å². The van der Waals surface area contributed by atoms with Crippen LogP contribution in [0.15, 0.2) is 36.0 Å². The molecule has 0 spiro atoms. The molecule has 2 unspecified atom stereocenters. The predicted molar refractivity (Wildman–Crippen MR) is 67.8 cm³/mol. The van der Waals surface area contributed by atoms with Crippen molar-refractivity contribution in [2.45, 2.75) is 36.4 Å². The van der Waals surface area contributed by atoms with E-state index in [0.29, 0.717) is 0 Å². The van der Waals surface area contributed by atoms with E-state index in [9.17, 15) is 8.42 Å². The second kappa shape index (κ2) is 4.78. The first-order valence-electron chi connectivity index (χ1n) is 6.16. The summed E-state index contributed by atoms with van der Waals surface area (Å²) in [5.74, 6) is 0. The zero-order valence-corrected chi connectivity index (χ0v) is 11.0. The van der Waals surface area contributed by atoms with Crippen molar-refractivity contribution >= 4 is 10.0 Å². The van der Waals surface area contributed by atoms with Gasteiger partial charge in [-0.2, -0.15) is 5.10 Å². The molecule has 0 bridgehead atoms. The lowest BCUT2D eigenvalue weighted by molar-refractivity contribution is 0.430. The fraction of sp³-hybridized carbons (Fsp3) is 0.455. The summed E-state index contributed by atoms with van der Waals surface area (Å²) < 4.78 is 29.0. The van der Waals surface area contributed by atoms with Crippen LogP contribution in [0.4, 0.5) is 0 Å². The molecule has 0 saturated heterocycles. The van der Waals surface area contributed by atoms with Crippen molar-refractivity contribution in [3.8, 4) is 0 Å². The van der Waals surface area contributed by atoms with Crippen molar-refractivity contribution in [2.24, 2.45) is 0 Å². The first kappa shape index (κ1) is 12.4. The zero-order chi connectivity index (χ0) is 13.3. The summed E-state index contributed by atoms with van der Waals surface area (Å²) in [7, 11) is -3.53. The minimum atomic E-state index is -3.53. The molecule has 7 nitrogen and oxygen atoms in total. The van der Waals surface area contributed by atoms with Gasteiger partial charge >= 0.3 is 0 Å². The molecule has 102 valence electrons. The quantitative estimate of drug-likeness (QED) is 0.862. The first-order chi connectivity index (χ1) is 9.17. The number of hydrogen-bond acceptors (Lipinski definition) is 4. The summed E-state index contributed by atoms with van der Waals surface area (Å²) in [6.45, 7) is 0. The number of nitrogens with zero attached hydrogens (tertiary/aromatic N) is 3. The van der Waals surface area contributed by atoms with E-state index in [4.69, 9.17) is 0 Å². The monoisotopic (exact) mass is 281 g/mol. The highest BCUT2D eigenvalue weighted by Gasteiger charge is 2.32. The van der Waals surface area contributed by atoms with Crippen LogP contribution < -0.4 is 4.72 Å². The summed E-state index contributed by atoms with van der Waals surface area (Å²) >= 11 is 0. The fourth-order valence-electron chi connectivity index (χ4n) is 2.56. The average Bonchev–Trinajstić information content (AvgIpc) is 3.11. The van der Waals surface area contributed by atoms with Crippen molar-refractivity contribution in [2.75, 3.05) is 0 Å². The summed E-state index contributed by atoms with van der Waals surface area (Å²) in [6.07, 6.45) is 9.51. The Balaban J connectivity index is 1.80. The second-order valence-corrected chi connectivity index (χ2v) is 6.34. The van der Waals surface area contributed by atoms with Crippen LogP contribution in [0.2, 0.25) is 0 Å². The molecule has 0 radical (unpaired) electrons. The van der Waals surface area contributed by atoms with Crippen molar-refractivity contribution in [1.82, 2.24) is 24.5 Å². The van der Waals surface area contributed by atoms with Crippen LogP contribution in [0.5, 0.6) is 0 Å². The van der Waals surface area contributed by atoms with Crippen molar-refractivity contribution < 1.29 is 8.42 Å². The Morgan fingerprint density at radius 3 is 2.95 bits per heavy atom. The van der Waals surface area contributed by atoms with E-state index in [1.54, 1.807) is 12.5 Å². The minimum absolute atomic E-state index is 0.101. The number of H-pyrrole nitrogens is 1. The molecule has 3 rings (SSSR count). The largest absolute Gasteiger partial charge is 0.333 e. The number of aromatic amines is 1. The topological polar surface area (TPSA) is 92.7 Å². The lowest BCUT2D eigenvalue weighted by atomic mass is 10.2. The number of imidazole rings is 1. The van der Waals surface area contributed by atoms with Gasteiger partial charge in [-0.1, -0.05) is 0 Å². The van der Waals surface area contributed by atoms with Crippen molar-refractivity contribution in [1.29, 1.82) is 0 Å². The van der Waals surface area contributed by atoms with E-state index in [2.05, 4.69) is 19.9 Å². The molecule has 1 aliphatic rings. The Bertz CT molecular complexity index is 620. The standard InChI is InChI=1S/C11H15N5O2S/c17-19(18,11-4-5-13-14-11)15-9-2-1-3-10(9)16-7-6-12-8-16/h4-10,15H,1-3H2,(H,13,14). The smallest absolute Gasteiger partial charge is 0.257 e. The summed E-state index contributed by atoms with van der Waals surface area (Å²) in [4.78, 5) is 4.02. The molecular weight excluding hydrogens is 266 g/mol. The van der Waals surface area contributed by atoms with Gasteiger partial charge in [0.15, 0.2) is 5.03 Å². The highest BCUT2D eigenvalue weighted by Crippen LogP contribution is 2.30. The summed E-state index contributed by atoms with van der Waals surface area (Å²) in [5.41, 5.74) is 0. The van der Waals surface area contributed by atoms with Gasteiger partial charge in [-0.3, -0.25) is 5.10 Å². The van der Waals surface area contributed by atoms with Gasteiger partial charge in [-0.25, -0.2) is 18.1 Å². The normalized spacial score (nSPS) is 23.8. The fourth-order valence-corrected chi connectivity index (χ4v) is 3.77. The molecule has 1 aliphatic carbocycles. The highest BCUT2D eigenvalue weighted by atomic mass is 32.2. The summed E-state index contributed by atoms with van der Waals surface area (Å²) in [6, 6.07) is 1.46. The maximum atomic E-state index is 12.2. The Labute approximate surface area is 111 Å². The van der Waals surface area contributed by atoms with Gasteiger partial charge in [0.1, 0.15) is 0 Å². The van der Waals surface area contributed by atoms with E-state index in [1.807, 2.05) is 10.8 Å². The minimum Gasteiger partial charge on any atom is -0.333 e. The first-order valence-corrected chi connectivity index (χ1v) is 7.64. The van der Waals surface area contributed by atoms with Crippen molar-refractivity contribution in [3.05, 3.63) is 31.0 Å². The number of nitrogens with one attached hydrogen (secondary N) is 2. The third kappa shape index (κ3) is 2.41. The zero-order valence-electron chi connectivity index (χ0n) is 10.2. The van der Waals surface area contributed by atoms with Gasteiger partial charge in [0.05, 0.1) is 18.6 Å². The molecule has 0 aromatic carbocycles. The molecule has 8 heteroatoms. The van der Waals surface area contributed by atoms with Gasteiger partial charge in [-0.05, 0) is 25.3 Å². The molecule has 2 aromatic heterocycles. The van der Waals surface area contributed by atoms with Gasteiger partial charge in [0.2, 0.25) is 0 Å². The van der Waals surface area contributed by atoms with Gasteiger partial charge in [-0.15, -0.1) is 0 Å². The van der Waals surface area contributed by atoms with Gasteiger partial charge < -0.3 is 4.57 Å². The van der Waals surface area contributed by atoms with E-state index in [1.165, 1.54) is 12.3 Å². The SMILES string of the molecule is O=S(=O)(NC1CCCC1n1ccnc1)c1ccn[nH]1. The number of hydrogen-bond donors (Lipinski definition) is 2. The molecule has 2 N–H and O–H groups in total. The van der Waals surface area contributed by atoms with Gasteiger partial charge in [0.25, 0.3) is 10.0 Å².